The van der Waals surface area contributed by atoms with Crippen LogP contribution in [0.3, 0.4) is 0 Å². The zero-order valence-corrected chi connectivity index (χ0v) is 12.3. The monoisotopic (exact) mass is 293 g/mol. The molecular weight excluding hydrogens is 273 g/mol. The molecule has 21 heavy (non-hydrogen) atoms. The largest absolute Gasteiger partial charge is 0.452 e. The van der Waals surface area contributed by atoms with Crippen molar-refractivity contribution >= 4 is 11.9 Å². The van der Waals surface area contributed by atoms with Crippen LogP contribution in [0.5, 0.6) is 0 Å². The van der Waals surface area contributed by atoms with E-state index in [0.717, 1.165) is 19.3 Å². The summed E-state index contributed by atoms with van der Waals surface area (Å²) < 4.78 is 18.4. The van der Waals surface area contributed by atoms with Crippen molar-refractivity contribution in [1.82, 2.24) is 4.90 Å². The molecule has 2 atom stereocenters. The highest BCUT2D eigenvalue weighted by atomic mass is 19.1. The summed E-state index contributed by atoms with van der Waals surface area (Å²) in [5.41, 5.74) is -0.148. The third-order valence-electron chi connectivity index (χ3n) is 3.90. The van der Waals surface area contributed by atoms with Gasteiger partial charge in [-0.1, -0.05) is 12.1 Å². The predicted molar refractivity (Wildman–Crippen MR) is 76.3 cm³/mol. The third-order valence-corrected chi connectivity index (χ3v) is 3.90. The maximum absolute atomic E-state index is 13.4. The van der Waals surface area contributed by atoms with Crippen LogP contribution in [0.1, 0.15) is 43.5 Å². The lowest BCUT2D eigenvalue weighted by Gasteiger charge is -2.38. The molecule has 5 heteroatoms. The van der Waals surface area contributed by atoms with Gasteiger partial charge in [0.1, 0.15) is 5.82 Å². The molecule has 1 aromatic carbocycles. The van der Waals surface area contributed by atoms with Crippen molar-refractivity contribution in [2.45, 2.75) is 45.2 Å². The Kier molecular flexibility index (Phi) is 4.94. The van der Waals surface area contributed by atoms with Gasteiger partial charge in [0.05, 0.1) is 5.56 Å². The Bertz CT molecular complexity index is 522. The van der Waals surface area contributed by atoms with E-state index in [0.29, 0.717) is 0 Å². The minimum Gasteiger partial charge on any atom is -0.452 e. The Morgan fingerprint density at radius 3 is 2.48 bits per heavy atom. The van der Waals surface area contributed by atoms with Crippen molar-refractivity contribution in [2.24, 2.45) is 0 Å². The van der Waals surface area contributed by atoms with Crippen LogP contribution in [0.2, 0.25) is 0 Å². The van der Waals surface area contributed by atoms with E-state index in [9.17, 15) is 14.0 Å². The number of rotatable bonds is 3. The Balaban J connectivity index is 1.95. The molecule has 114 valence electrons. The van der Waals surface area contributed by atoms with E-state index in [-0.39, 0.29) is 30.2 Å². The molecule has 2 rings (SSSR count). The van der Waals surface area contributed by atoms with Gasteiger partial charge in [-0.25, -0.2) is 9.18 Å². The predicted octanol–water partition coefficient (Wildman–Crippen LogP) is 2.77. The maximum atomic E-state index is 13.4. The molecule has 2 unspecified atom stereocenters. The first-order valence-corrected chi connectivity index (χ1v) is 7.23. The number of esters is 1. The van der Waals surface area contributed by atoms with Gasteiger partial charge in [0, 0.05) is 12.1 Å². The van der Waals surface area contributed by atoms with Crippen molar-refractivity contribution in [3.05, 3.63) is 35.6 Å². The third kappa shape index (κ3) is 3.60. The quantitative estimate of drug-likeness (QED) is 0.805. The molecule has 1 aromatic rings. The van der Waals surface area contributed by atoms with Gasteiger partial charge in [0.25, 0.3) is 5.91 Å². The Labute approximate surface area is 123 Å². The Morgan fingerprint density at radius 2 is 1.86 bits per heavy atom. The Morgan fingerprint density at radius 1 is 1.24 bits per heavy atom. The Hall–Kier alpha value is -1.91. The van der Waals surface area contributed by atoms with Crippen molar-refractivity contribution in [2.75, 3.05) is 6.61 Å². The van der Waals surface area contributed by atoms with Gasteiger partial charge < -0.3 is 9.64 Å². The van der Waals surface area contributed by atoms with Gasteiger partial charge >= 0.3 is 5.97 Å². The second kappa shape index (κ2) is 6.70. The molecule has 1 fully saturated rings. The number of benzene rings is 1. The zero-order valence-electron chi connectivity index (χ0n) is 12.3. The summed E-state index contributed by atoms with van der Waals surface area (Å²) in [6, 6.07) is 5.87. The van der Waals surface area contributed by atoms with E-state index in [1.54, 1.807) is 11.0 Å². The van der Waals surface area contributed by atoms with Crippen LogP contribution in [0, 0.1) is 5.82 Å². The molecule has 1 heterocycles. The van der Waals surface area contributed by atoms with E-state index in [2.05, 4.69) is 0 Å². The van der Waals surface area contributed by atoms with Crippen molar-refractivity contribution in [3.8, 4) is 0 Å². The van der Waals surface area contributed by atoms with Crippen LogP contribution in [-0.4, -0.2) is 35.5 Å². The molecule has 1 aliphatic rings. The number of piperidine rings is 1. The normalized spacial score (nSPS) is 22.0. The highest BCUT2D eigenvalue weighted by molar-refractivity contribution is 5.91. The first kappa shape index (κ1) is 15.5. The van der Waals surface area contributed by atoms with E-state index in [4.69, 9.17) is 4.74 Å². The molecule has 0 aromatic heterocycles. The fourth-order valence-corrected chi connectivity index (χ4v) is 2.82. The summed E-state index contributed by atoms with van der Waals surface area (Å²) in [6.45, 7) is 3.64. The number of nitrogens with zero attached hydrogens (tertiary/aromatic N) is 1. The molecule has 0 radical (unpaired) electrons. The molecule has 0 spiro atoms. The fourth-order valence-electron chi connectivity index (χ4n) is 2.82. The van der Waals surface area contributed by atoms with Gasteiger partial charge in [-0.2, -0.15) is 0 Å². The molecule has 1 aliphatic heterocycles. The average molecular weight is 293 g/mol. The lowest BCUT2D eigenvalue weighted by Crippen LogP contribution is -2.49. The van der Waals surface area contributed by atoms with Gasteiger partial charge in [-0.05, 0) is 45.2 Å². The van der Waals surface area contributed by atoms with E-state index < -0.39 is 11.8 Å². The number of amides is 1. The van der Waals surface area contributed by atoms with Crippen molar-refractivity contribution in [1.29, 1.82) is 0 Å². The molecule has 1 amide bonds. The van der Waals surface area contributed by atoms with E-state index in [1.807, 2.05) is 13.8 Å². The smallest absolute Gasteiger partial charge is 0.341 e. The molecule has 0 saturated carbocycles. The number of likely N-dealkylation sites (tertiary alicyclic amines) is 1. The van der Waals surface area contributed by atoms with Gasteiger partial charge in [-0.15, -0.1) is 0 Å². The number of hydrogen-bond donors (Lipinski definition) is 0. The first-order valence-electron chi connectivity index (χ1n) is 7.23. The van der Waals surface area contributed by atoms with Gasteiger partial charge in [0.15, 0.2) is 6.61 Å². The molecular formula is C16H20FNO3. The van der Waals surface area contributed by atoms with Gasteiger partial charge in [0.2, 0.25) is 0 Å². The number of carbonyl (C=O) groups is 2. The maximum Gasteiger partial charge on any atom is 0.341 e. The van der Waals surface area contributed by atoms with Gasteiger partial charge in [-0.3, -0.25) is 4.79 Å². The lowest BCUT2D eigenvalue weighted by atomic mass is 9.97. The summed E-state index contributed by atoms with van der Waals surface area (Å²) in [5, 5.41) is 0. The van der Waals surface area contributed by atoms with Crippen LogP contribution < -0.4 is 0 Å². The summed E-state index contributed by atoms with van der Waals surface area (Å²) in [7, 11) is 0. The van der Waals surface area contributed by atoms with Crippen LogP contribution >= 0.6 is 0 Å². The van der Waals surface area contributed by atoms with Crippen LogP contribution in [-0.2, 0) is 9.53 Å². The average Bonchev–Trinajstić information content (AvgIpc) is 2.45. The molecule has 1 saturated heterocycles. The standard InChI is InChI=1S/C16H20FNO3/c1-11-6-5-7-12(2)18(11)15(19)10-21-16(20)13-8-3-4-9-14(13)17/h3-4,8-9,11-12H,5-7,10H2,1-2H3. The molecule has 4 nitrogen and oxygen atoms in total. The minimum absolute atomic E-state index is 0.147. The number of halogens is 1. The van der Waals surface area contributed by atoms with Crippen LogP contribution in [0.25, 0.3) is 0 Å². The van der Waals surface area contributed by atoms with Crippen molar-refractivity contribution in [3.63, 3.8) is 0 Å². The minimum atomic E-state index is -0.807. The highest BCUT2D eigenvalue weighted by Crippen LogP contribution is 2.22. The van der Waals surface area contributed by atoms with Crippen LogP contribution in [0.15, 0.2) is 24.3 Å². The lowest BCUT2D eigenvalue weighted by molar-refractivity contribution is -0.140. The SMILES string of the molecule is CC1CCCC(C)N1C(=O)COC(=O)c1ccccc1F. The van der Waals surface area contributed by atoms with Crippen molar-refractivity contribution < 1.29 is 18.7 Å². The highest BCUT2D eigenvalue weighted by Gasteiger charge is 2.29. The number of carbonyl (C=O) groups excluding carboxylic acids is 2. The first-order chi connectivity index (χ1) is 10.0. The van der Waals surface area contributed by atoms with E-state index in [1.165, 1.54) is 18.2 Å². The summed E-state index contributed by atoms with van der Waals surface area (Å²) in [5.74, 6) is -1.67. The number of ether oxygens (including phenoxy) is 1. The molecule has 0 N–H and O–H groups in total. The zero-order chi connectivity index (χ0) is 15.4. The second-order valence-corrected chi connectivity index (χ2v) is 5.49. The van der Waals surface area contributed by atoms with E-state index >= 15 is 0 Å². The van der Waals surface area contributed by atoms with Crippen LogP contribution in [0.4, 0.5) is 4.39 Å². The molecule has 0 aliphatic carbocycles. The summed E-state index contributed by atoms with van der Waals surface area (Å²) in [4.78, 5) is 25.7. The summed E-state index contributed by atoms with van der Waals surface area (Å²) in [6.07, 6.45) is 3.01. The second-order valence-electron chi connectivity index (χ2n) is 5.49. The number of hydrogen-bond acceptors (Lipinski definition) is 3. The molecule has 0 bridgehead atoms. The summed E-state index contributed by atoms with van der Waals surface area (Å²) >= 11 is 0. The topological polar surface area (TPSA) is 46.6 Å². The fraction of sp³-hybridized carbons (Fsp3) is 0.500.